The molecule has 0 aliphatic rings. The zero-order chi connectivity index (χ0) is 22.5. The maximum Gasteiger partial charge on any atom is 0.272 e. The van der Waals surface area contributed by atoms with Crippen LogP contribution in [0.1, 0.15) is 31.5 Å². The summed E-state index contributed by atoms with van der Waals surface area (Å²) in [5.74, 6) is -0.106. The summed E-state index contributed by atoms with van der Waals surface area (Å²) in [6, 6.07) is 15.3. The number of aromatic nitrogens is 3. The van der Waals surface area contributed by atoms with Crippen LogP contribution in [0.4, 0.5) is 5.69 Å². The second-order valence-corrected chi connectivity index (χ2v) is 9.38. The Morgan fingerprint density at radius 1 is 1.16 bits per heavy atom. The average molecular weight is 465 g/mol. The van der Waals surface area contributed by atoms with E-state index in [1.807, 2.05) is 60.8 Å². The normalized spacial score (nSPS) is 12.1. The summed E-state index contributed by atoms with van der Waals surface area (Å²) in [7, 11) is 0. The van der Waals surface area contributed by atoms with Crippen molar-refractivity contribution in [3.05, 3.63) is 81.7 Å². The molecule has 0 aliphatic heterocycles. The number of anilines is 1. The number of aryl methyl sites for hydroxylation is 1. The van der Waals surface area contributed by atoms with Crippen molar-refractivity contribution in [3.8, 4) is 0 Å². The first-order valence-electron chi connectivity index (χ1n) is 10.5. The first-order valence-corrected chi connectivity index (χ1v) is 12.3. The third-order valence-corrected chi connectivity index (χ3v) is 7.36. The van der Waals surface area contributed by atoms with Gasteiger partial charge in [-0.2, -0.15) is 0 Å². The van der Waals surface area contributed by atoms with Crippen molar-refractivity contribution < 1.29 is 4.79 Å². The number of pyridine rings is 1. The van der Waals surface area contributed by atoms with Gasteiger partial charge in [0.05, 0.1) is 23.0 Å². The van der Waals surface area contributed by atoms with Gasteiger partial charge in [0.2, 0.25) is 5.91 Å². The number of benzene rings is 1. The van der Waals surface area contributed by atoms with Gasteiger partial charge in [0.15, 0.2) is 5.16 Å². The van der Waals surface area contributed by atoms with Crippen molar-refractivity contribution >= 4 is 44.9 Å². The lowest BCUT2D eigenvalue weighted by atomic mass is 10.1. The number of rotatable bonds is 8. The highest BCUT2D eigenvalue weighted by atomic mass is 32.2. The van der Waals surface area contributed by atoms with Gasteiger partial charge in [0.25, 0.3) is 5.56 Å². The van der Waals surface area contributed by atoms with E-state index in [0.717, 1.165) is 17.8 Å². The van der Waals surface area contributed by atoms with E-state index in [1.54, 1.807) is 10.8 Å². The van der Waals surface area contributed by atoms with E-state index in [-0.39, 0.29) is 16.7 Å². The van der Waals surface area contributed by atoms with Gasteiger partial charge in [-0.3, -0.25) is 19.1 Å². The average Bonchev–Trinajstić information content (AvgIpc) is 3.29. The summed E-state index contributed by atoms with van der Waals surface area (Å²) >= 11 is 2.70. The second-order valence-electron chi connectivity index (χ2n) is 7.30. The predicted octanol–water partition coefficient (Wildman–Crippen LogP) is 4.97. The zero-order valence-electron chi connectivity index (χ0n) is 17.9. The Morgan fingerprint density at radius 3 is 2.66 bits per heavy atom. The monoisotopic (exact) mass is 464 g/mol. The van der Waals surface area contributed by atoms with Crippen molar-refractivity contribution in [2.75, 3.05) is 5.32 Å². The van der Waals surface area contributed by atoms with Crippen LogP contribution in [-0.4, -0.2) is 25.7 Å². The van der Waals surface area contributed by atoms with Gasteiger partial charge < -0.3 is 5.32 Å². The number of nitrogens with zero attached hydrogens (tertiary/aromatic N) is 3. The van der Waals surface area contributed by atoms with Crippen molar-refractivity contribution in [2.24, 2.45) is 0 Å². The lowest BCUT2D eigenvalue weighted by molar-refractivity contribution is -0.115. The Kier molecular flexibility index (Phi) is 7.02. The van der Waals surface area contributed by atoms with Gasteiger partial charge in [-0.05, 0) is 54.1 Å². The van der Waals surface area contributed by atoms with E-state index in [1.165, 1.54) is 28.7 Å². The largest absolute Gasteiger partial charge is 0.325 e. The number of carbonyl (C=O) groups is 1. The summed E-state index contributed by atoms with van der Waals surface area (Å²) in [4.78, 5) is 35.3. The quantitative estimate of drug-likeness (QED) is 0.294. The summed E-state index contributed by atoms with van der Waals surface area (Å²) in [6.45, 7) is 4.36. The van der Waals surface area contributed by atoms with E-state index >= 15 is 0 Å². The van der Waals surface area contributed by atoms with Crippen LogP contribution in [0.5, 0.6) is 0 Å². The van der Waals surface area contributed by atoms with Crippen molar-refractivity contribution in [2.45, 2.75) is 43.6 Å². The summed E-state index contributed by atoms with van der Waals surface area (Å²) in [6.07, 6.45) is 3.26. The van der Waals surface area contributed by atoms with Crippen LogP contribution in [0.3, 0.4) is 0 Å². The van der Waals surface area contributed by atoms with Gasteiger partial charge in [-0.1, -0.05) is 43.8 Å². The highest BCUT2D eigenvalue weighted by Crippen LogP contribution is 2.27. The molecule has 32 heavy (non-hydrogen) atoms. The summed E-state index contributed by atoms with van der Waals surface area (Å²) < 4.78 is 2.23. The van der Waals surface area contributed by atoms with Crippen LogP contribution < -0.4 is 10.9 Å². The molecule has 0 saturated carbocycles. The number of hydrogen-bond donors (Lipinski definition) is 1. The number of thiophene rings is 1. The Balaban J connectivity index is 1.62. The number of thioether (sulfide) groups is 1. The predicted molar refractivity (Wildman–Crippen MR) is 132 cm³/mol. The van der Waals surface area contributed by atoms with E-state index in [0.29, 0.717) is 28.3 Å². The minimum absolute atomic E-state index is 0.106. The standard InChI is InChI=1S/C24H24N4O2S2/c1-3-16-8-10-17(11-9-16)26-22(29)20(4-2)32-24-27-19-12-14-31-21(19)23(30)28(24)15-18-7-5-6-13-25-18/h5-14,20H,3-4,15H2,1-2H3,(H,26,29)/t20-/m0/s1. The third-order valence-electron chi connectivity index (χ3n) is 5.12. The number of carbonyl (C=O) groups excluding carboxylic acids is 1. The zero-order valence-corrected chi connectivity index (χ0v) is 19.6. The van der Waals surface area contributed by atoms with Gasteiger partial charge in [-0.15, -0.1) is 11.3 Å². The highest BCUT2D eigenvalue weighted by molar-refractivity contribution is 8.00. The Morgan fingerprint density at radius 2 is 1.97 bits per heavy atom. The van der Waals surface area contributed by atoms with Crippen LogP contribution in [-0.2, 0) is 17.8 Å². The number of nitrogens with one attached hydrogen (secondary N) is 1. The fourth-order valence-electron chi connectivity index (χ4n) is 3.30. The van der Waals surface area contributed by atoms with Crippen LogP contribution >= 0.6 is 23.1 Å². The molecule has 0 radical (unpaired) electrons. The molecule has 164 valence electrons. The summed E-state index contributed by atoms with van der Waals surface area (Å²) in [5.41, 5.74) is 3.30. The topological polar surface area (TPSA) is 76.9 Å². The molecule has 3 heterocycles. The van der Waals surface area contributed by atoms with Crippen LogP contribution in [0.15, 0.2) is 70.1 Å². The maximum absolute atomic E-state index is 13.2. The Labute approximate surface area is 194 Å². The fraction of sp³-hybridized carbons (Fsp3) is 0.250. The molecular weight excluding hydrogens is 440 g/mol. The molecule has 0 spiro atoms. The number of hydrogen-bond acceptors (Lipinski definition) is 6. The molecule has 0 aliphatic carbocycles. The van der Waals surface area contributed by atoms with Crippen molar-refractivity contribution in [1.29, 1.82) is 0 Å². The SMILES string of the molecule is CCc1ccc(NC(=O)[C@H](CC)Sc2nc3ccsc3c(=O)n2Cc2ccccn2)cc1. The van der Waals surface area contributed by atoms with Crippen LogP contribution in [0, 0.1) is 0 Å². The molecule has 0 saturated heterocycles. The lowest BCUT2D eigenvalue weighted by Crippen LogP contribution is -2.28. The minimum atomic E-state index is -0.390. The fourth-order valence-corrected chi connectivity index (χ4v) is 5.09. The van der Waals surface area contributed by atoms with Crippen molar-refractivity contribution in [3.63, 3.8) is 0 Å². The first-order chi connectivity index (χ1) is 15.6. The smallest absolute Gasteiger partial charge is 0.272 e. The van der Waals surface area contributed by atoms with Crippen LogP contribution in [0.25, 0.3) is 10.2 Å². The molecule has 1 atom stereocenters. The van der Waals surface area contributed by atoms with Crippen LogP contribution in [0.2, 0.25) is 0 Å². The second kappa shape index (κ2) is 10.1. The summed E-state index contributed by atoms with van der Waals surface area (Å²) in [5, 5.41) is 4.99. The Bertz CT molecular complexity index is 1270. The van der Waals surface area contributed by atoms with E-state index in [2.05, 4.69) is 17.2 Å². The molecule has 6 nitrogen and oxygen atoms in total. The van der Waals surface area contributed by atoms with Gasteiger partial charge in [-0.25, -0.2) is 4.98 Å². The number of amides is 1. The third kappa shape index (κ3) is 4.92. The van der Waals surface area contributed by atoms with Crippen molar-refractivity contribution in [1.82, 2.24) is 14.5 Å². The molecule has 0 bridgehead atoms. The molecule has 8 heteroatoms. The molecule has 4 aromatic rings. The molecule has 3 aromatic heterocycles. The molecule has 0 unspecified atom stereocenters. The first kappa shape index (κ1) is 22.2. The molecular formula is C24H24N4O2S2. The number of fused-ring (bicyclic) bond motifs is 1. The molecule has 0 fully saturated rings. The molecule has 1 aromatic carbocycles. The molecule has 4 rings (SSSR count). The lowest BCUT2D eigenvalue weighted by Gasteiger charge is -2.17. The van der Waals surface area contributed by atoms with E-state index in [4.69, 9.17) is 4.98 Å². The molecule has 1 N–H and O–H groups in total. The van der Waals surface area contributed by atoms with Gasteiger partial charge in [0, 0.05) is 11.9 Å². The van der Waals surface area contributed by atoms with Gasteiger partial charge in [0.1, 0.15) is 4.70 Å². The minimum Gasteiger partial charge on any atom is -0.325 e. The molecule has 1 amide bonds. The van der Waals surface area contributed by atoms with E-state index in [9.17, 15) is 9.59 Å². The maximum atomic E-state index is 13.2. The van der Waals surface area contributed by atoms with Gasteiger partial charge >= 0.3 is 0 Å². The Hall–Kier alpha value is -2.97. The van der Waals surface area contributed by atoms with E-state index < -0.39 is 0 Å². The highest BCUT2D eigenvalue weighted by Gasteiger charge is 2.22.